The fourth-order valence-electron chi connectivity index (χ4n) is 4.17. The molecular formula is C25H30FN5O6S. The highest BCUT2D eigenvalue weighted by Gasteiger charge is 2.22. The Labute approximate surface area is 219 Å². The van der Waals surface area contributed by atoms with E-state index in [1.165, 1.54) is 36.2 Å². The molecule has 1 aromatic heterocycles. The second-order valence-corrected chi connectivity index (χ2v) is 10.7. The van der Waals surface area contributed by atoms with Crippen molar-refractivity contribution < 1.29 is 26.8 Å². The van der Waals surface area contributed by atoms with Gasteiger partial charge in [-0.1, -0.05) is 12.1 Å². The summed E-state index contributed by atoms with van der Waals surface area (Å²) < 4.78 is 54.3. The van der Waals surface area contributed by atoms with Gasteiger partial charge in [0.05, 0.1) is 5.69 Å². The Bertz CT molecular complexity index is 1500. The quantitative estimate of drug-likeness (QED) is 0.364. The SMILES string of the molecule is CNS(=O)(=O)Nc1cccc(Cc2c(CN3CCNCC3)c3ccc(OC(=O)N(C)C)cc3oc2=O)c1F. The molecule has 1 saturated heterocycles. The van der Waals surface area contributed by atoms with Gasteiger partial charge in [-0.15, -0.1) is 0 Å². The lowest BCUT2D eigenvalue weighted by Crippen LogP contribution is -2.43. The van der Waals surface area contributed by atoms with Crippen molar-refractivity contribution in [3.63, 3.8) is 0 Å². The lowest BCUT2D eigenvalue weighted by molar-refractivity contribution is 0.172. The monoisotopic (exact) mass is 547 g/mol. The van der Waals surface area contributed by atoms with Crippen LogP contribution < -0.4 is 25.1 Å². The van der Waals surface area contributed by atoms with Gasteiger partial charge in [0.25, 0.3) is 10.2 Å². The Morgan fingerprint density at radius 1 is 1.18 bits per heavy atom. The zero-order valence-corrected chi connectivity index (χ0v) is 22.2. The maximum Gasteiger partial charge on any atom is 0.414 e. The van der Waals surface area contributed by atoms with Crippen molar-refractivity contribution in [1.29, 1.82) is 0 Å². The Kier molecular flexibility index (Phi) is 8.31. The molecule has 0 atom stereocenters. The molecule has 0 unspecified atom stereocenters. The van der Waals surface area contributed by atoms with Gasteiger partial charge in [-0.2, -0.15) is 8.42 Å². The number of rotatable bonds is 8. The van der Waals surface area contributed by atoms with Gasteiger partial charge >= 0.3 is 11.7 Å². The highest BCUT2D eigenvalue weighted by atomic mass is 32.2. The van der Waals surface area contributed by atoms with E-state index >= 15 is 4.39 Å². The predicted molar refractivity (Wildman–Crippen MR) is 141 cm³/mol. The van der Waals surface area contributed by atoms with Crippen molar-refractivity contribution in [1.82, 2.24) is 19.8 Å². The number of nitrogens with one attached hydrogen (secondary N) is 3. The number of piperazine rings is 1. The predicted octanol–water partition coefficient (Wildman–Crippen LogP) is 1.86. The molecule has 38 heavy (non-hydrogen) atoms. The lowest BCUT2D eigenvalue weighted by Gasteiger charge is -2.28. The van der Waals surface area contributed by atoms with Crippen LogP contribution in [0.15, 0.2) is 45.6 Å². The van der Waals surface area contributed by atoms with Crippen molar-refractivity contribution in [3.8, 4) is 5.75 Å². The number of hydrogen-bond donors (Lipinski definition) is 3. The van der Waals surface area contributed by atoms with Crippen LogP contribution in [0.1, 0.15) is 16.7 Å². The van der Waals surface area contributed by atoms with Gasteiger partial charge in [-0.25, -0.2) is 18.7 Å². The first-order valence-electron chi connectivity index (χ1n) is 12.0. The van der Waals surface area contributed by atoms with E-state index in [4.69, 9.17) is 9.15 Å². The molecule has 1 aliphatic rings. The van der Waals surface area contributed by atoms with Crippen LogP contribution >= 0.6 is 0 Å². The van der Waals surface area contributed by atoms with Crippen LogP contribution in [0.25, 0.3) is 11.0 Å². The molecule has 0 bridgehead atoms. The van der Waals surface area contributed by atoms with Crippen molar-refractivity contribution in [2.24, 2.45) is 0 Å². The number of nitrogens with zero attached hydrogens (tertiary/aromatic N) is 2. The summed E-state index contributed by atoms with van der Waals surface area (Å²) in [6.07, 6.45) is -0.688. The number of halogens is 1. The first kappa shape index (κ1) is 27.5. The summed E-state index contributed by atoms with van der Waals surface area (Å²) in [6.45, 7) is 3.53. The maximum absolute atomic E-state index is 15.3. The third kappa shape index (κ3) is 6.30. The zero-order chi connectivity index (χ0) is 27.4. The van der Waals surface area contributed by atoms with E-state index in [-0.39, 0.29) is 34.6 Å². The third-order valence-corrected chi connectivity index (χ3v) is 7.24. The minimum absolute atomic E-state index is 0.113. The smallest absolute Gasteiger partial charge is 0.414 e. The average Bonchev–Trinajstić information content (AvgIpc) is 2.88. The number of anilines is 1. The number of hydrogen-bond acceptors (Lipinski definition) is 8. The minimum Gasteiger partial charge on any atom is -0.422 e. The molecule has 1 fully saturated rings. The average molecular weight is 548 g/mol. The van der Waals surface area contributed by atoms with Gasteiger partial charge in [0.2, 0.25) is 0 Å². The normalized spacial score (nSPS) is 14.4. The van der Waals surface area contributed by atoms with Crippen LogP contribution in [-0.2, 0) is 23.2 Å². The van der Waals surface area contributed by atoms with Gasteiger partial charge in [-0.05, 0) is 29.3 Å². The molecule has 0 radical (unpaired) electrons. The molecule has 0 spiro atoms. The van der Waals surface area contributed by atoms with Crippen molar-refractivity contribution in [3.05, 3.63) is 69.3 Å². The lowest BCUT2D eigenvalue weighted by atomic mass is 9.97. The van der Waals surface area contributed by atoms with E-state index in [0.717, 1.165) is 26.2 Å². The Hall–Kier alpha value is -3.52. The second-order valence-electron chi connectivity index (χ2n) is 9.06. The number of carbonyl (C=O) groups excluding carboxylic acids is 1. The van der Waals surface area contributed by atoms with Crippen molar-refractivity contribution in [2.75, 3.05) is 52.0 Å². The summed E-state index contributed by atoms with van der Waals surface area (Å²) in [5.74, 6) is -0.569. The molecule has 1 amide bonds. The number of amides is 1. The molecule has 0 aliphatic carbocycles. The summed E-state index contributed by atoms with van der Waals surface area (Å²) in [5, 5.41) is 3.92. The van der Waals surface area contributed by atoms with Gasteiger partial charge in [0.1, 0.15) is 11.3 Å². The van der Waals surface area contributed by atoms with Crippen LogP contribution in [0.2, 0.25) is 0 Å². The van der Waals surface area contributed by atoms with E-state index in [1.54, 1.807) is 26.2 Å². The van der Waals surface area contributed by atoms with Crippen LogP contribution in [0.4, 0.5) is 14.9 Å². The van der Waals surface area contributed by atoms with Gasteiger partial charge < -0.3 is 19.4 Å². The largest absolute Gasteiger partial charge is 0.422 e. The molecule has 0 saturated carbocycles. The first-order chi connectivity index (χ1) is 18.1. The standard InChI is InChI=1S/C25H30FN5O6S/c1-27-38(34,35)29-21-6-4-5-16(23(21)26)13-19-20(15-31-11-9-28-10-12-31)18-8-7-17(36-25(33)30(2)3)14-22(18)37-24(19)32/h4-8,14,27-29H,9-13,15H2,1-3H3. The van der Waals surface area contributed by atoms with Gasteiger partial charge in [0.15, 0.2) is 5.82 Å². The molecule has 1 aliphatic heterocycles. The molecule has 204 valence electrons. The molecule has 11 nitrogen and oxygen atoms in total. The summed E-state index contributed by atoms with van der Waals surface area (Å²) >= 11 is 0. The first-order valence-corrected chi connectivity index (χ1v) is 13.5. The van der Waals surface area contributed by atoms with Crippen molar-refractivity contribution in [2.45, 2.75) is 13.0 Å². The topological polar surface area (TPSA) is 133 Å². The molecular weight excluding hydrogens is 517 g/mol. The Morgan fingerprint density at radius 2 is 1.92 bits per heavy atom. The summed E-state index contributed by atoms with van der Waals surface area (Å²) in [4.78, 5) is 28.7. The van der Waals surface area contributed by atoms with Crippen LogP contribution in [0.3, 0.4) is 0 Å². The second kappa shape index (κ2) is 11.5. The zero-order valence-electron chi connectivity index (χ0n) is 21.3. The summed E-state index contributed by atoms with van der Waals surface area (Å²) in [5.41, 5.74) is 0.415. The van der Waals surface area contributed by atoms with E-state index in [0.29, 0.717) is 17.5 Å². The Morgan fingerprint density at radius 3 is 2.61 bits per heavy atom. The van der Waals surface area contributed by atoms with Gasteiger partial charge in [0, 0.05) is 77.3 Å². The number of ether oxygens (including phenoxy) is 1. The van der Waals surface area contributed by atoms with Gasteiger partial charge in [-0.3, -0.25) is 9.62 Å². The number of fused-ring (bicyclic) bond motifs is 1. The van der Waals surface area contributed by atoms with E-state index in [2.05, 4.69) is 19.7 Å². The van der Waals surface area contributed by atoms with E-state index < -0.39 is 27.7 Å². The molecule has 13 heteroatoms. The highest BCUT2D eigenvalue weighted by molar-refractivity contribution is 7.90. The molecule has 3 aromatic rings. The number of carbonyl (C=O) groups is 1. The van der Waals surface area contributed by atoms with Crippen LogP contribution in [0.5, 0.6) is 5.75 Å². The van der Waals surface area contributed by atoms with Crippen molar-refractivity contribution >= 4 is 33.0 Å². The highest BCUT2D eigenvalue weighted by Crippen LogP contribution is 2.29. The molecule has 2 heterocycles. The maximum atomic E-state index is 15.3. The van der Waals surface area contributed by atoms with Crippen LogP contribution in [-0.4, -0.2) is 71.6 Å². The molecule has 2 aromatic carbocycles. The Balaban J connectivity index is 1.78. The fourth-order valence-corrected chi connectivity index (χ4v) is 4.72. The third-order valence-electron chi connectivity index (χ3n) is 6.21. The van der Waals surface area contributed by atoms with E-state index in [1.807, 2.05) is 0 Å². The van der Waals surface area contributed by atoms with E-state index in [9.17, 15) is 18.0 Å². The number of benzene rings is 2. The summed E-state index contributed by atoms with van der Waals surface area (Å²) in [6, 6.07) is 9.12. The molecule has 3 N–H and O–H groups in total. The van der Waals surface area contributed by atoms with Crippen LogP contribution in [0, 0.1) is 5.82 Å². The summed E-state index contributed by atoms with van der Waals surface area (Å²) in [7, 11) is 0.379. The fraction of sp³-hybridized carbons (Fsp3) is 0.360. The molecule has 4 rings (SSSR count). The minimum atomic E-state index is -3.94.